The van der Waals surface area contributed by atoms with Crippen molar-refractivity contribution in [2.45, 2.75) is 27.2 Å². The largest absolute Gasteiger partial charge is 0.392 e. The third kappa shape index (κ3) is 0.572. The van der Waals surface area contributed by atoms with Gasteiger partial charge in [0.15, 0.2) is 0 Å². The zero-order valence-corrected chi connectivity index (χ0v) is 7.52. The molecule has 1 nitrogen and oxygen atoms in total. The molecule has 0 saturated heterocycles. The number of hydrogen-bond acceptors (Lipinski definition) is 1. The highest BCUT2D eigenvalue weighted by Crippen LogP contribution is 2.69. The first-order chi connectivity index (χ1) is 5.02. The van der Waals surface area contributed by atoms with Gasteiger partial charge in [-0.05, 0) is 28.7 Å². The lowest BCUT2D eigenvalue weighted by atomic mass is 9.49. The highest BCUT2D eigenvalue weighted by Gasteiger charge is 2.61. The summed E-state index contributed by atoms with van der Waals surface area (Å²) in [6, 6.07) is 0. The van der Waals surface area contributed by atoms with E-state index in [1.807, 2.05) is 0 Å². The minimum atomic E-state index is 0.260. The maximum Gasteiger partial charge on any atom is 0.0647 e. The van der Waals surface area contributed by atoms with Crippen LogP contribution in [0.3, 0.4) is 0 Å². The molecule has 0 heterocycles. The van der Waals surface area contributed by atoms with E-state index < -0.39 is 0 Å². The molecule has 2 unspecified atom stereocenters. The van der Waals surface area contributed by atoms with E-state index in [1.54, 1.807) is 0 Å². The molecule has 0 radical (unpaired) electrons. The quantitative estimate of drug-likeness (QED) is 0.569. The third-order valence-electron chi connectivity index (χ3n) is 4.26. The first-order valence-corrected chi connectivity index (χ1v) is 4.34. The lowest BCUT2D eigenvalue weighted by Crippen LogP contribution is -2.48. The molecule has 1 heteroatoms. The SMILES string of the molecule is CC12CC(C=C1CO)C2(C)C. The summed E-state index contributed by atoms with van der Waals surface area (Å²) in [6.07, 6.45) is 3.54. The minimum Gasteiger partial charge on any atom is -0.392 e. The van der Waals surface area contributed by atoms with Crippen molar-refractivity contribution in [1.82, 2.24) is 0 Å². The zero-order valence-electron chi connectivity index (χ0n) is 7.52. The molecule has 3 rings (SSSR count). The van der Waals surface area contributed by atoms with Crippen LogP contribution in [0.5, 0.6) is 0 Å². The topological polar surface area (TPSA) is 20.2 Å². The van der Waals surface area contributed by atoms with Crippen molar-refractivity contribution >= 4 is 0 Å². The Bertz CT molecular complexity index is 227. The van der Waals surface area contributed by atoms with E-state index in [0.717, 1.165) is 5.92 Å². The second-order valence-electron chi connectivity index (χ2n) is 4.71. The van der Waals surface area contributed by atoms with E-state index >= 15 is 0 Å². The fourth-order valence-corrected chi connectivity index (χ4v) is 2.70. The van der Waals surface area contributed by atoms with Gasteiger partial charge in [-0.25, -0.2) is 0 Å². The van der Waals surface area contributed by atoms with Gasteiger partial charge >= 0.3 is 0 Å². The Balaban J connectivity index is 2.35. The molecule has 3 aliphatic rings. The molecule has 1 saturated carbocycles. The number of allylic oxidation sites excluding steroid dienone is 1. The summed E-state index contributed by atoms with van der Waals surface area (Å²) in [4.78, 5) is 0. The molecule has 1 N–H and O–H groups in total. The number of rotatable bonds is 1. The van der Waals surface area contributed by atoms with Gasteiger partial charge in [-0.15, -0.1) is 0 Å². The molecule has 62 valence electrons. The lowest BCUT2D eigenvalue weighted by Gasteiger charge is -2.54. The van der Waals surface area contributed by atoms with Crippen molar-refractivity contribution in [2.24, 2.45) is 16.7 Å². The number of aliphatic hydroxyl groups is 1. The highest BCUT2D eigenvalue weighted by molar-refractivity contribution is 5.36. The second kappa shape index (κ2) is 1.71. The van der Waals surface area contributed by atoms with Crippen LogP contribution in [0, 0.1) is 16.7 Å². The van der Waals surface area contributed by atoms with Crippen molar-refractivity contribution in [3.05, 3.63) is 11.6 Å². The number of aliphatic hydroxyl groups excluding tert-OH is 1. The molecule has 2 bridgehead atoms. The van der Waals surface area contributed by atoms with Gasteiger partial charge in [0.25, 0.3) is 0 Å². The van der Waals surface area contributed by atoms with Gasteiger partial charge < -0.3 is 5.11 Å². The standard InChI is InChI=1S/C10H16O/c1-9(2)7-4-8(6-11)10(9,3)5-7/h4,7,11H,5-6H2,1-3H3. The van der Waals surface area contributed by atoms with Gasteiger partial charge in [0.05, 0.1) is 6.61 Å². The molecular weight excluding hydrogens is 136 g/mol. The molecule has 11 heavy (non-hydrogen) atoms. The van der Waals surface area contributed by atoms with E-state index in [9.17, 15) is 0 Å². The van der Waals surface area contributed by atoms with E-state index in [4.69, 9.17) is 5.11 Å². The highest BCUT2D eigenvalue weighted by atomic mass is 16.3. The molecule has 3 aliphatic carbocycles. The first-order valence-electron chi connectivity index (χ1n) is 4.34. The molecular formula is C10H16O. The van der Waals surface area contributed by atoms with Crippen LogP contribution < -0.4 is 0 Å². The summed E-state index contributed by atoms with van der Waals surface area (Å²) in [5, 5.41) is 9.09. The molecule has 0 amide bonds. The predicted octanol–water partition coefficient (Wildman–Crippen LogP) is 1.97. The van der Waals surface area contributed by atoms with Gasteiger partial charge in [-0.1, -0.05) is 26.8 Å². The summed E-state index contributed by atoms with van der Waals surface area (Å²) in [5.74, 6) is 0.731. The molecule has 0 spiro atoms. The summed E-state index contributed by atoms with van der Waals surface area (Å²) in [7, 11) is 0. The van der Waals surface area contributed by atoms with Crippen LogP contribution in [0.15, 0.2) is 11.6 Å². The molecule has 1 fully saturated rings. The molecule has 0 aromatic heterocycles. The Morgan fingerprint density at radius 3 is 2.36 bits per heavy atom. The average molecular weight is 152 g/mol. The van der Waals surface area contributed by atoms with Crippen molar-refractivity contribution in [3.8, 4) is 0 Å². The Morgan fingerprint density at radius 1 is 1.55 bits per heavy atom. The van der Waals surface area contributed by atoms with Crippen LogP contribution in [0.4, 0.5) is 0 Å². The Morgan fingerprint density at radius 2 is 2.18 bits per heavy atom. The van der Waals surface area contributed by atoms with Crippen molar-refractivity contribution in [3.63, 3.8) is 0 Å². The lowest BCUT2D eigenvalue weighted by molar-refractivity contribution is -0.0299. The Hall–Kier alpha value is -0.300. The minimum absolute atomic E-state index is 0.260. The summed E-state index contributed by atoms with van der Waals surface area (Å²) >= 11 is 0. The van der Waals surface area contributed by atoms with E-state index in [2.05, 4.69) is 26.8 Å². The Kier molecular flexibility index (Phi) is 1.15. The van der Waals surface area contributed by atoms with Crippen LogP contribution in [-0.2, 0) is 0 Å². The van der Waals surface area contributed by atoms with Crippen LogP contribution >= 0.6 is 0 Å². The van der Waals surface area contributed by atoms with Crippen molar-refractivity contribution < 1.29 is 5.11 Å². The van der Waals surface area contributed by atoms with Gasteiger partial charge in [0.1, 0.15) is 0 Å². The van der Waals surface area contributed by atoms with Gasteiger partial charge in [0, 0.05) is 0 Å². The van der Waals surface area contributed by atoms with E-state index in [-0.39, 0.29) is 6.61 Å². The molecule has 0 aromatic carbocycles. The third-order valence-corrected chi connectivity index (χ3v) is 4.26. The summed E-state index contributed by atoms with van der Waals surface area (Å²) in [5.41, 5.74) is 1.99. The zero-order chi connectivity index (χ0) is 8.28. The maximum absolute atomic E-state index is 9.09. The van der Waals surface area contributed by atoms with Gasteiger partial charge in [0.2, 0.25) is 0 Å². The van der Waals surface area contributed by atoms with E-state index in [1.165, 1.54) is 12.0 Å². The van der Waals surface area contributed by atoms with Crippen molar-refractivity contribution in [1.29, 1.82) is 0 Å². The molecule has 0 aromatic rings. The Labute approximate surface area is 68.1 Å². The summed E-state index contributed by atoms with van der Waals surface area (Å²) < 4.78 is 0. The normalized spacial score (nSPS) is 45.1. The monoisotopic (exact) mass is 152 g/mol. The van der Waals surface area contributed by atoms with Gasteiger partial charge in [-0.2, -0.15) is 0 Å². The van der Waals surface area contributed by atoms with Crippen LogP contribution in [0.1, 0.15) is 27.2 Å². The number of hydrogen-bond donors (Lipinski definition) is 1. The second-order valence-corrected chi connectivity index (χ2v) is 4.71. The fourth-order valence-electron chi connectivity index (χ4n) is 2.70. The van der Waals surface area contributed by atoms with Crippen LogP contribution in [0.2, 0.25) is 0 Å². The van der Waals surface area contributed by atoms with Crippen LogP contribution in [0.25, 0.3) is 0 Å². The maximum atomic E-state index is 9.09. The smallest absolute Gasteiger partial charge is 0.0647 e. The summed E-state index contributed by atoms with van der Waals surface area (Å²) in [6.45, 7) is 7.15. The fraction of sp³-hybridized carbons (Fsp3) is 0.800. The van der Waals surface area contributed by atoms with E-state index in [0.29, 0.717) is 10.8 Å². The van der Waals surface area contributed by atoms with Crippen molar-refractivity contribution in [2.75, 3.05) is 6.61 Å². The predicted molar refractivity (Wildman–Crippen MR) is 45.2 cm³/mol. The van der Waals surface area contributed by atoms with Crippen LogP contribution in [-0.4, -0.2) is 11.7 Å². The molecule has 2 atom stereocenters. The average Bonchev–Trinajstić information content (AvgIpc) is 2.38. The van der Waals surface area contributed by atoms with Gasteiger partial charge in [-0.3, -0.25) is 0 Å². The molecule has 0 aliphatic heterocycles. The first kappa shape index (κ1) is 7.35.